The normalized spacial score (nSPS) is 11.4. The Hall–Kier alpha value is -1.62. The van der Waals surface area contributed by atoms with Gasteiger partial charge in [0.25, 0.3) is 5.91 Å². The Kier molecular flexibility index (Phi) is 5.09. The summed E-state index contributed by atoms with van der Waals surface area (Å²) in [5, 5.41) is 4.28. The molecule has 0 atom stereocenters. The molecule has 0 bridgehead atoms. The van der Waals surface area contributed by atoms with Gasteiger partial charge in [0.05, 0.1) is 12.3 Å². The summed E-state index contributed by atoms with van der Waals surface area (Å²) >= 11 is 0. The highest BCUT2D eigenvalue weighted by molar-refractivity contribution is 5.91. The molecule has 1 amide bonds. The van der Waals surface area contributed by atoms with E-state index in [1.165, 1.54) is 6.08 Å². The van der Waals surface area contributed by atoms with Crippen LogP contribution < -0.4 is 5.48 Å². The first-order valence-electron chi connectivity index (χ1n) is 6.01. The highest BCUT2D eigenvalue weighted by Gasteiger charge is 2.06. The number of aryl methyl sites for hydroxylation is 2. The second-order valence-electron chi connectivity index (χ2n) is 4.71. The van der Waals surface area contributed by atoms with Gasteiger partial charge >= 0.3 is 0 Å². The standard InChI is InChI=1S/C13H21N3O2/c1-9(2)8-18-15-13(17)7-6-12-10(3)14-16(5)11(12)4/h6-7,9H,8H2,1-5H3,(H,15,17)/b7-6+. The van der Waals surface area contributed by atoms with Crippen molar-refractivity contribution >= 4 is 12.0 Å². The summed E-state index contributed by atoms with van der Waals surface area (Å²) in [4.78, 5) is 16.5. The molecule has 0 saturated heterocycles. The number of nitrogens with one attached hydrogen (secondary N) is 1. The molecule has 0 aliphatic rings. The first-order valence-corrected chi connectivity index (χ1v) is 6.01. The molecular formula is C13H21N3O2. The summed E-state index contributed by atoms with van der Waals surface area (Å²) in [7, 11) is 1.88. The van der Waals surface area contributed by atoms with Crippen molar-refractivity contribution in [2.75, 3.05) is 6.61 Å². The zero-order chi connectivity index (χ0) is 13.7. The number of rotatable bonds is 5. The van der Waals surface area contributed by atoms with Gasteiger partial charge in [0.2, 0.25) is 0 Å². The molecule has 0 aliphatic carbocycles. The maximum absolute atomic E-state index is 11.5. The average Bonchev–Trinajstić information content (AvgIpc) is 2.50. The van der Waals surface area contributed by atoms with Crippen LogP contribution in [0.25, 0.3) is 6.08 Å². The second kappa shape index (κ2) is 6.35. The van der Waals surface area contributed by atoms with Crippen LogP contribution in [-0.4, -0.2) is 22.3 Å². The monoisotopic (exact) mass is 251 g/mol. The van der Waals surface area contributed by atoms with Crippen molar-refractivity contribution in [2.45, 2.75) is 27.7 Å². The summed E-state index contributed by atoms with van der Waals surface area (Å²) in [6.45, 7) is 8.42. The molecule has 1 rings (SSSR count). The number of hydrogen-bond acceptors (Lipinski definition) is 3. The van der Waals surface area contributed by atoms with Crippen molar-refractivity contribution in [1.82, 2.24) is 15.3 Å². The second-order valence-corrected chi connectivity index (χ2v) is 4.71. The van der Waals surface area contributed by atoms with Crippen LogP contribution in [0, 0.1) is 19.8 Å². The van der Waals surface area contributed by atoms with Crippen LogP contribution in [0.4, 0.5) is 0 Å². The van der Waals surface area contributed by atoms with E-state index in [1.807, 2.05) is 34.7 Å². The quantitative estimate of drug-likeness (QED) is 0.641. The molecule has 0 fully saturated rings. The van der Waals surface area contributed by atoms with Crippen LogP contribution >= 0.6 is 0 Å². The summed E-state index contributed by atoms with van der Waals surface area (Å²) in [6.07, 6.45) is 3.21. The van der Waals surface area contributed by atoms with Crippen molar-refractivity contribution in [3.05, 3.63) is 23.0 Å². The van der Waals surface area contributed by atoms with Gasteiger partial charge in [-0.05, 0) is 25.8 Å². The number of aromatic nitrogens is 2. The zero-order valence-corrected chi connectivity index (χ0v) is 11.7. The van der Waals surface area contributed by atoms with E-state index in [2.05, 4.69) is 10.6 Å². The van der Waals surface area contributed by atoms with Gasteiger partial charge in [-0.15, -0.1) is 0 Å². The molecule has 1 N–H and O–H groups in total. The lowest BCUT2D eigenvalue weighted by atomic mass is 10.2. The Bertz CT molecular complexity index is 447. The molecule has 0 aliphatic heterocycles. The Labute approximate surface area is 108 Å². The first-order chi connectivity index (χ1) is 8.41. The summed E-state index contributed by atoms with van der Waals surface area (Å²) in [5.41, 5.74) is 5.28. The van der Waals surface area contributed by atoms with Crippen LogP contribution in [0.2, 0.25) is 0 Å². The van der Waals surface area contributed by atoms with Gasteiger partial charge < -0.3 is 0 Å². The number of hydrogen-bond donors (Lipinski definition) is 1. The van der Waals surface area contributed by atoms with Crippen molar-refractivity contribution < 1.29 is 9.63 Å². The minimum Gasteiger partial charge on any atom is -0.273 e. The Balaban J connectivity index is 2.56. The molecule has 5 heteroatoms. The number of nitrogens with zero attached hydrogens (tertiary/aromatic N) is 2. The van der Waals surface area contributed by atoms with Crippen molar-refractivity contribution in [2.24, 2.45) is 13.0 Å². The molecule has 1 aromatic heterocycles. The Morgan fingerprint density at radius 3 is 2.67 bits per heavy atom. The van der Waals surface area contributed by atoms with Gasteiger partial charge in [-0.1, -0.05) is 13.8 Å². The van der Waals surface area contributed by atoms with Gasteiger partial charge in [-0.25, -0.2) is 5.48 Å². The minimum atomic E-state index is -0.265. The van der Waals surface area contributed by atoms with Crippen molar-refractivity contribution in [1.29, 1.82) is 0 Å². The minimum absolute atomic E-state index is 0.265. The molecule has 1 aromatic rings. The summed E-state index contributed by atoms with van der Waals surface area (Å²) in [6, 6.07) is 0. The smallest absolute Gasteiger partial charge is 0.267 e. The molecule has 0 saturated carbocycles. The maximum Gasteiger partial charge on any atom is 0.267 e. The highest BCUT2D eigenvalue weighted by Crippen LogP contribution is 2.13. The number of amides is 1. The topological polar surface area (TPSA) is 56.2 Å². The van der Waals surface area contributed by atoms with Gasteiger partial charge in [-0.2, -0.15) is 5.10 Å². The van der Waals surface area contributed by atoms with E-state index in [0.29, 0.717) is 12.5 Å². The molecule has 1 heterocycles. The van der Waals surface area contributed by atoms with Crippen LogP contribution in [0.3, 0.4) is 0 Å². The summed E-state index contributed by atoms with van der Waals surface area (Å²) in [5.74, 6) is 0.121. The fraction of sp³-hybridized carbons (Fsp3) is 0.538. The molecule has 0 spiro atoms. The van der Waals surface area contributed by atoms with E-state index in [1.54, 1.807) is 10.8 Å². The molecule has 100 valence electrons. The molecule has 0 unspecified atom stereocenters. The van der Waals surface area contributed by atoms with Crippen molar-refractivity contribution in [3.8, 4) is 0 Å². The van der Waals surface area contributed by atoms with E-state index >= 15 is 0 Å². The SMILES string of the molecule is Cc1nn(C)c(C)c1/C=C/C(=O)NOCC(C)C. The van der Waals surface area contributed by atoms with E-state index in [9.17, 15) is 4.79 Å². The van der Waals surface area contributed by atoms with Gasteiger partial charge in [-0.3, -0.25) is 14.3 Å². The van der Waals surface area contributed by atoms with E-state index < -0.39 is 0 Å². The van der Waals surface area contributed by atoms with E-state index in [4.69, 9.17) is 4.84 Å². The summed E-state index contributed by atoms with van der Waals surface area (Å²) < 4.78 is 1.79. The predicted molar refractivity (Wildman–Crippen MR) is 70.6 cm³/mol. The fourth-order valence-electron chi connectivity index (χ4n) is 1.50. The lowest BCUT2D eigenvalue weighted by Crippen LogP contribution is -2.23. The lowest BCUT2D eigenvalue weighted by molar-refractivity contribution is -0.129. The molecule has 0 radical (unpaired) electrons. The van der Waals surface area contributed by atoms with Crippen LogP contribution in [0.15, 0.2) is 6.08 Å². The van der Waals surface area contributed by atoms with Crippen LogP contribution in [0.5, 0.6) is 0 Å². The first kappa shape index (κ1) is 14.4. The number of carbonyl (C=O) groups excluding carboxylic acids is 1. The average molecular weight is 251 g/mol. The maximum atomic E-state index is 11.5. The Morgan fingerprint density at radius 1 is 1.50 bits per heavy atom. The molecular weight excluding hydrogens is 230 g/mol. The molecule has 5 nitrogen and oxygen atoms in total. The third-order valence-electron chi connectivity index (χ3n) is 2.56. The molecule has 18 heavy (non-hydrogen) atoms. The third kappa shape index (κ3) is 4.00. The highest BCUT2D eigenvalue weighted by atomic mass is 16.6. The van der Waals surface area contributed by atoms with Crippen molar-refractivity contribution in [3.63, 3.8) is 0 Å². The van der Waals surface area contributed by atoms with E-state index in [0.717, 1.165) is 17.0 Å². The van der Waals surface area contributed by atoms with Crippen LogP contribution in [0.1, 0.15) is 30.8 Å². The van der Waals surface area contributed by atoms with Gasteiger partial charge in [0.15, 0.2) is 0 Å². The largest absolute Gasteiger partial charge is 0.273 e. The lowest BCUT2D eigenvalue weighted by Gasteiger charge is -2.05. The third-order valence-corrected chi connectivity index (χ3v) is 2.56. The van der Waals surface area contributed by atoms with Gasteiger partial charge in [0.1, 0.15) is 0 Å². The fourth-order valence-corrected chi connectivity index (χ4v) is 1.50. The zero-order valence-electron chi connectivity index (χ0n) is 11.7. The Morgan fingerprint density at radius 2 is 2.17 bits per heavy atom. The van der Waals surface area contributed by atoms with E-state index in [-0.39, 0.29) is 5.91 Å². The number of hydroxylamine groups is 1. The van der Waals surface area contributed by atoms with Gasteiger partial charge in [0, 0.05) is 24.4 Å². The predicted octanol–water partition coefficient (Wildman–Crippen LogP) is 1.75. The molecule has 0 aromatic carbocycles. The number of carbonyl (C=O) groups is 1. The van der Waals surface area contributed by atoms with Crippen LogP contribution in [-0.2, 0) is 16.7 Å².